The fourth-order valence-electron chi connectivity index (χ4n) is 3.17. The number of esters is 1. The Morgan fingerprint density at radius 3 is 1.65 bits per heavy atom. The number of ether oxygens (including phenoxy) is 5. The number of rotatable bonds is 11. The minimum atomic E-state index is -0.916. The van der Waals surface area contributed by atoms with Crippen LogP contribution >= 0.6 is 0 Å². The van der Waals surface area contributed by atoms with Crippen LogP contribution in [0.2, 0.25) is 0 Å². The molecule has 14 nitrogen and oxygen atoms in total. The van der Waals surface area contributed by atoms with Gasteiger partial charge in [-0.3, -0.25) is 4.79 Å². The Morgan fingerprint density at radius 1 is 0.651 bits per heavy atom. The molecule has 0 radical (unpaired) electrons. The molecule has 1 aromatic rings. The van der Waals surface area contributed by atoms with E-state index in [2.05, 4.69) is 21.3 Å². The van der Waals surface area contributed by atoms with E-state index in [1.807, 2.05) is 0 Å². The van der Waals surface area contributed by atoms with Gasteiger partial charge in [0.15, 0.2) is 0 Å². The number of hydrogen-bond donors (Lipinski definition) is 4. The highest BCUT2D eigenvalue weighted by molar-refractivity contribution is 5.79. The molecule has 0 saturated heterocycles. The number of carbonyl (C=O) groups excluding carboxylic acids is 5. The molecule has 0 bridgehead atoms. The predicted octanol–water partition coefficient (Wildman–Crippen LogP) is 3.88. The Morgan fingerprint density at radius 2 is 1.14 bits per heavy atom. The van der Waals surface area contributed by atoms with Gasteiger partial charge in [-0.2, -0.15) is 0 Å². The van der Waals surface area contributed by atoms with Gasteiger partial charge in [0.25, 0.3) is 0 Å². The van der Waals surface area contributed by atoms with E-state index in [0.717, 1.165) is 0 Å². The molecule has 2 unspecified atom stereocenters. The minimum Gasteiger partial charge on any atom is -0.464 e. The van der Waals surface area contributed by atoms with Crippen molar-refractivity contribution in [3.63, 3.8) is 0 Å². The summed E-state index contributed by atoms with van der Waals surface area (Å²) < 4.78 is 26.4. The summed E-state index contributed by atoms with van der Waals surface area (Å²) in [6.45, 7) is 14.0. The maximum atomic E-state index is 12.7. The number of benzene rings is 1. The number of para-hydroxylation sites is 1. The van der Waals surface area contributed by atoms with E-state index in [9.17, 15) is 24.0 Å². The van der Waals surface area contributed by atoms with E-state index in [1.54, 1.807) is 92.6 Å². The van der Waals surface area contributed by atoms with Crippen molar-refractivity contribution in [2.24, 2.45) is 5.92 Å². The summed E-state index contributed by atoms with van der Waals surface area (Å²) in [7, 11) is 0. The van der Waals surface area contributed by atoms with Gasteiger partial charge in [0.1, 0.15) is 29.1 Å². The molecule has 0 fully saturated rings. The van der Waals surface area contributed by atoms with Crippen LogP contribution in [0.25, 0.3) is 0 Å². The molecular formula is C29H46N4O10. The highest BCUT2D eigenvalue weighted by Crippen LogP contribution is 2.12. The van der Waals surface area contributed by atoms with Gasteiger partial charge in [-0.15, -0.1) is 0 Å². The normalized spacial score (nSPS) is 13.0. The average Bonchev–Trinajstić information content (AvgIpc) is 2.83. The zero-order chi connectivity index (χ0) is 32.8. The zero-order valence-corrected chi connectivity index (χ0v) is 26.5. The minimum absolute atomic E-state index is 0.137. The summed E-state index contributed by atoms with van der Waals surface area (Å²) in [4.78, 5) is 61.9. The third-order valence-electron chi connectivity index (χ3n) is 4.83. The molecule has 0 aliphatic heterocycles. The van der Waals surface area contributed by atoms with Gasteiger partial charge in [-0.1, -0.05) is 18.2 Å². The summed E-state index contributed by atoms with van der Waals surface area (Å²) in [5.41, 5.74) is -2.39. The fraction of sp³-hybridized carbons (Fsp3) is 0.621. The Labute approximate surface area is 252 Å². The molecule has 4 N–H and O–H groups in total. The first-order valence-corrected chi connectivity index (χ1v) is 13.8. The van der Waals surface area contributed by atoms with E-state index in [-0.39, 0.29) is 25.4 Å². The molecule has 43 heavy (non-hydrogen) atoms. The van der Waals surface area contributed by atoms with E-state index in [4.69, 9.17) is 23.7 Å². The Hall–Kier alpha value is -4.23. The first-order valence-electron chi connectivity index (χ1n) is 13.8. The first kappa shape index (κ1) is 36.8. The van der Waals surface area contributed by atoms with Gasteiger partial charge < -0.3 is 45.0 Å². The largest absolute Gasteiger partial charge is 0.464 e. The highest BCUT2D eigenvalue weighted by Gasteiger charge is 2.30. The van der Waals surface area contributed by atoms with Crippen molar-refractivity contribution in [2.75, 3.05) is 26.2 Å². The Kier molecular flexibility index (Phi) is 14.0. The average molecular weight is 611 g/mol. The van der Waals surface area contributed by atoms with E-state index in [1.165, 1.54) is 0 Å². The van der Waals surface area contributed by atoms with Crippen molar-refractivity contribution >= 4 is 30.3 Å². The van der Waals surface area contributed by atoms with E-state index < -0.39 is 65.6 Å². The van der Waals surface area contributed by atoms with Crippen molar-refractivity contribution in [3.05, 3.63) is 30.3 Å². The number of alkyl carbamates (subject to hydrolysis) is 3. The monoisotopic (exact) mass is 610 g/mol. The van der Waals surface area contributed by atoms with Gasteiger partial charge in [-0.05, 0) is 74.4 Å². The summed E-state index contributed by atoms with van der Waals surface area (Å²) in [6, 6.07) is 7.35. The lowest BCUT2D eigenvalue weighted by Crippen LogP contribution is -2.53. The molecule has 0 spiro atoms. The highest BCUT2D eigenvalue weighted by atomic mass is 16.6. The topological polar surface area (TPSA) is 180 Å². The fourth-order valence-corrected chi connectivity index (χ4v) is 3.17. The number of amides is 4. The number of nitrogens with one attached hydrogen (secondary N) is 4. The quantitative estimate of drug-likeness (QED) is 0.212. The van der Waals surface area contributed by atoms with E-state index >= 15 is 0 Å². The third-order valence-corrected chi connectivity index (χ3v) is 4.83. The van der Waals surface area contributed by atoms with Crippen LogP contribution in [0.5, 0.6) is 5.75 Å². The SMILES string of the molecule is CC(C)(C)OC(=O)NCC(COC(=O)CNC(=O)Oc1ccccc1)C(CNC(=O)OC(C)(C)C)NC(=O)OC(C)(C)C. The molecule has 2 atom stereocenters. The van der Waals surface area contributed by atoms with Gasteiger partial charge in [-0.25, -0.2) is 19.2 Å². The van der Waals surface area contributed by atoms with Crippen LogP contribution in [0.1, 0.15) is 62.3 Å². The van der Waals surface area contributed by atoms with Gasteiger partial charge >= 0.3 is 30.3 Å². The van der Waals surface area contributed by atoms with Crippen molar-refractivity contribution in [3.8, 4) is 5.75 Å². The summed E-state index contributed by atoms with van der Waals surface area (Å²) in [6.07, 6.45) is -3.16. The number of carbonyl (C=O) groups is 5. The van der Waals surface area contributed by atoms with Gasteiger partial charge in [0, 0.05) is 19.0 Å². The molecule has 1 aromatic carbocycles. The molecular weight excluding hydrogens is 564 g/mol. The van der Waals surface area contributed by atoms with E-state index in [0.29, 0.717) is 0 Å². The van der Waals surface area contributed by atoms with Crippen molar-refractivity contribution in [1.82, 2.24) is 21.3 Å². The smallest absolute Gasteiger partial charge is 0.413 e. The van der Waals surface area contributed by atoms with Crippen LogP contribution < -0.4 is 26.0 Å². The van der Waals surface area contributed by atoms with Crippen molar-refractivity contribution in [1.29, 1.82) is 0 Å². The first-order chi connectivity index (χ1) is 19.7. The van der Waals surface area contributed by atoms with Crippen LogP contribution in [0.15, 0.2) is 30.3 Å². The second kappa shape index (κ2) is 16.4. The Balaban J connectivity index is 3.00. The Bertz CT molecular complexity index is 1080. The third kappa shape index (κ3) is 18.7. The summed E-state index contributed by atoms with van der Waals surface area (Å²) in [5, 5.41) is 10.1. The summed E-state index contributed by atoms with van der Waals surface area (Å²) >= 11 is 0. The lowest BCUT2D eigenvalue weighted by Gasteiger charge is -2.30. The number of hydrogen-bond acceptors (Lipinski definition) is 10. The van der Waals surface area contributed by atoms with Crippen LogP contribution in [-0.2, 0) is 23.7 Å². The lowest BCUT2D eigenvalue weighted by atomic mass is 10.0. The standard InChI is InChI=1S/C29H46N4O10/c1-27(2,3)41-24(36)30-15-19(18-39-22(34)17-32-23(35)40-20-13-11-10-12-14-20)21(33-26(38)43-29(7,8)9)16-31-25(37)42-28(4,5)6/h10-14,19,21H,15-18H2,1-9H3,(H,30,36)(H,31,37)(H,32,35)(H,33,38). The molecule has 0 heterocycles. The van der Waals surface area contributed by atoms with Crippen molar-refractivity contribution in [2.45, 2.75) is 85.2 Å². The molecule has 4 amide bonds. The molecule has 0 aromatic heterocycles. The molecule has 14 heteroatoms. The lowest BCUT2D eigenvalue weighted by molar-refractivity contribution is -0.144. The second-order valence-corrected chi connectivity index (χ2v) is 12.5. The van der Waals surface area contributed by atoms with Crippen LogP contribution in [-0.4, -0.2) is 79.4 Å². The summed E-state index contributed by atoms with van der Waals surface area (Å²) in [5.74, 6) is -1.33. The van der Waals surface area contributed by atoms with Crippen LogP contribution in [0.3, 0.4) is 0 Å². The maximum Gasteiger partial charge on any atom is 0.413 e. The molecule has 0 saturated carbocycles. The van der Waals surface area contributed by atoms with Crippen molar-refractivity contribution < 1.29 is 47.7 Å². The molecule has 242 valence electrons. The molecule has 0 aliphatic carbocycles. The van der Waals surface area contributed by atoms with Crippen LogP contribution in [0, 0.1) is 5.92 Å². The maximum absolute atomic E-state index is 12.7. The van der Waals surface area contributed by atoms with Gasteiger partial charge in [0.2, 0.25) is 0 Å². The molecule has 1 rings (SSSR count). The zero-order valence-electron chi connectivity index (χ0n) is 26.5. The second-order valence-electron chi connectivity index (χ2n) is 12.5. The van der Waals surface area contributed by atoms with Crippen LogP contribution in [0.4, 0.5) is 19.2 Å². The van der Waals surface area contributed by atoms with Gasteiger partial charge in [0.05, 0.1) is 12.6 Å². The predicted molar refractivity (Wildman–Crippen MR) is 157 cm³/mol. The molecule has 0 aliphatic rings.